The van der Waals surface area contributed by atoms with Crippen LogP contribution in [-0.2, 0) is 13.1 Å². The lowest BCUT2D eigenvalue weighted by Crippen LogP contribution is -2.52. The minimum atomic E-state index is -0.160. The normalized spacial score (nSPS) is 18.2. The van der Waals surface area contributed by atoms with Crippen LogP contribution in [0.2, 0.25) is 0 Å². The largest absolute Gasteiger partial charge is 0.497 e. The maximum atomic E-state index is 14.0. The van der Waals surface area contributed by atoms with Crippen LogP contribution in [0.5, 0.6) is 11.5 Å². The van der Waals surface area contributed by atoms with Crippen molar-refractivity contribution in [2.75, 3.05) is 40.5 Å². The summed E-state index contributed by atoms with van der Waals surface area (Å²) >= 11 is 0. The van der Waals surface area contributed by atoms with Gasteiger partial charge in [0.2, 0.25) is 0 Å². The predicted octanol–water partition coefficient (Wildman–Crippen LogP) is 2.91. The molecule has 1 aliphatic heterocycles. The molecule has 3 rings (SSSR count). The molecule has 1 unspecified atom stereocenters. The summed E-state index contributed by atoms with van der Waals surface area (Å²) < 4.78 is 24.7. The number of methoxy groups -OCH3 is 2. The standard InChI is InChI=1S/C22H29FN2O3/c1-27-20-11-17(12-21(13-20)28-2)14-25-9-8-24(16-19(25)7-10-26)15-18-5-3-4-6-22(18)23/h3-6,11-13,19,26H,7-10,14-16H2,1-2H3. The van der Waals surface area contributed by atoms with Crippen LogP contribution in [-0.4, -0.2) is 61.4 Å². The molecule has 1 fully saturated rings. The van der Waals surface area contributed by atoms with E-state index in [1.165, 1.54) is 6.07 Å². The average molecular weight is 388 g/mol. The third kappa shape index (κ3) is 5.22. The molecule has 1 aliphatic rings. The van der Waals surface area contributed by atoms with Crippen molar-refractivity contribution >= 4 is 0 Å². The number of aliphatic hydroxyl groups is 1. The van der Waals surface area contributed by atoms with Gasteiger partial charge < -0.3 is 14.6 Å². The number of hydrogen-bond donors (Lipinski definition) is 1. The highest BCUT2D eigenvalue weighted by atomic mass is 19.1. The minimum Gasteiger partial charge on any atom is -0.497 e. The first kappa shape index (κ1) is 20.6. The summed E-state index contributed by atoms with van der Waals surface area (Å²) in [6.07, 6.45) is 0.689. The maximum absolute atomic E-state index is 14.0. The molecule has 5 nitrogen and oxygen atoms in total. The van der Waals surface area contributed by atoms with Crippen LogP contribution in [0, 0.1) is 5.82 Å². The van der Waals surface area contributed by atoms with Crippen molar-refractivity contribution < 1.29 is 19.0 Å². The summed E-state index contributed by atoms with van der Waals surface area (Å²) in [4.78, 5) is 4.64. The van der Waals surface area contributed by atoms with E-state index in [1.54, 1.807) is 20.3 Å². The molecule has 28 heavy (non-hydrogen) atoms. The van der Waals surface area contributed by atoms with E-state index in [2.05, 4.69) is 9.80 Å². The molecule has 1 N–H and O–H groups in total. The molecule has 0 aromatic heterocycles. The van der Waals surface area contributed by atoms with Crippen LogP contribution in [0.25, 0.3) is 0 Å². The van der Waals surface area contributed by atoms with Gasteiger partial charge in [-0.15, -0.1) is 0 Å². The first-order valence-corrected chi connectivity index (χ1v) is 9.65. The zero-order valence-electron chi connectivity index (χ0n) is 16.6. The van der Waals surface area contributed by atoms with Crippen LogP contribution in [0.3, 0.4) is 0 Å². The Kier molecular flexibility index (Phi) is 7.25. The van der Waals surface area contributed by atoms with E-state index in [0.717, 1.165) is 48.8 Å². The molecule has 0 spiro atoms. The topological polar surface area (TPSA) is 45.2 Å². The van der Waals surface area contributed by atoms with Crippen molar-refractivity contribution in [2.45, 2.75) is 25.6 Å². The second-order valence-electron chi connectivity index (χ2n) is 7.18. The number of rotatable bonds is 8. The predicted molar refractivity (Wildman–Crippen MR) is 107 cm³/mol. The fraction of sp³-hybridized carbons (Fsp3) is 0.455. The first-order chi connectivity index (χ1) is 13.6. The number of piperazine rings is 1. The Morgan fingerprint density at radius 3 is 2.39 bits per heavy atom. The number of halogens is 1. The van der Waals surface area contributed by atoms with Crippen molar-refractivity contribution in [1.82, 2.24) is 9.80 Å². The number of aliphatic hydroxyl groups excluding tert-OH is 1. The highest BCUT2D eigenvalue weighted by molar-refractivity contribution is 5.38. The average Bonchev–Trinajstić information content (AvgIpc) is 2.71. The summed E-state index contributed by atoms with van der Waals surface area (Å²) in [5.41, 5.74) is 1.83. The number of nitrogens with zero attached hydrogens (tertiary/aromatic N) is 2. The quantitative estimate of drug-likeness (QED) is 0.753. The van der Waals surface area contributed by atoms with Gasteiger partial charge in [-0.05, 0) is 30.2 Å². The second-order valence-corrected chi connectivity index (χ2v) is 7.18. The van der Waals surface area contributed by atoms with Crippen LogP contribution >= 0.6 is 0 Å². The molecule has 0 bridgehead atoms. The van der Waals surface area contributed by atoms with Gasteiger partial charge in [0.25, 0.3) is 0 Å². The molecule has 2 aromatic rings. The Balaban J connectivity index is 1.68. The molecule has 152 valence electrons. The summed E-state index contributed by atoms with van der Waals surface area (Å²) in [5.74, 6) is 1.38. The van der Waals surface area contributed by atoms with Crippen molar-refractivity contribution in [3.8, 4) is 11.5 Å². The van der Waals surface area contributed by atoms with E-state index in [9.17, 15) is 9.50 Å². The Hall–Kier alpha value is -2.15. The molecular formula is C22H29FN2O3. The molecule has 2 aromatic carbocycles. The van der Waals surface area contributed by atoms with Gasteiger partial charge in [-0.3, -0.25) is 9.80 Å². The Morgan fingerprint density at radius 2 is 1.75 bits per heavy atom. The Bertz CT molecular complexity index is 749. The fourth-order valence-corrected chi connectivity index (χ4v) is 3.79. The van der Waals surface area contributed by atoms with Crippen LogP contribution in [0.15, 0.2) is 42.5 Å². The highest BCUT2D eigenvalue weighted by Crippen LogP contribution is 2.25. The molecule has 0 amide bonds. The van der Waals surface area contributed by atoms with E-state index in [-0.39, 0.29) is 18.5 Å². The van der Waals surface area contributed by atoms with E-state index >= 15 is 0 Å². The van der Waals surface area contributed by atoms with E-state index in [4.69, 9.17) is 9.47 Å². The van der Waals surface area contributed by atoms with Crippen LogP contribution in [0.4, 0.5) is 4.39 Å². The van der Waals surface area contributed by atoms with E-state index < -0.39 is 0 Å². The van der Waals surface area contributed by atoms with Gasteiger partial charge in [0.05, 0.1) is 14.2 Å². The highest BCUT2D eigenvalue weighted by Gasteiger charge is 2.27. The number of hydrogen-bond acceptors (Lipinski definition) is 5. The summed E-state index contributed by atoms with van der Waals surface area (Å²) in [6, 6.07) is 13.0. The van der Waals surface area contributed by atoms with Gasteiger partial charge in [-0.1, -0.05) is 18.2 Å². The van der Waals surface area contributed by atoms with Gasteiger partial charge in [-0.25, -0.2) is 4.39 Å². The van der Waals surface area contributed by atoms with Crippen molar-refractivity contribution in [1.29, 1.82) is 0 Å². The first-order valence-electron chi connectivity index (χ1n) is 9.65. The smallest absolute Gasteiger partial charge is 0.127 e. The van der Waals surface area contributed by atoms with Gasteiger partial charge in [0.15, 0.2) is 0 Å². The molecule has 1 heterocycles. The lowest BCUT2D eigenvalue weighted by molar-refractivity contribution is 0.0494. The van der Waals surface area contributed by atoms with Gasteiger partial charge in [0.1, 0.15) is 17.3 Å². The Labute approximate surface area is 166 Å². The molecule has 0 saturated carbocycles. The third-order valence-corrected chi connectivity index (χ3v) is 5.30. The van der Waals surface area contributed by atoms with Crippen LogP contribution in [0.1, 0.15) is 17.5 Å². The van der Waals surface area contributed by atoms with Gasteiger partial charge >= 0.3 is 0 Å². The SMILES string of the molecule is COc1cc(CN2CCN(Cc3ccccc3F)CC2CCO)cc(OC)c1. The van der Waals surface area contributed by atoms with Gasteiger partial charge in [0, 0.05) is 57.0 Å². The van der Waals surface area contributed by atoms with Gasteiger partial charge in [-0.2, -0.15) is 0 Å². The summed E-state index contributed by atoms with van der Waals surface area (Å²) in [6.45, 7) is 4.00. The molecule has 1 atom stereocenters. The fourth-order valence-electron chi connectivity index (χ4n) is 3.79. The van der Waals surface area contributed by atoms with Crippen molar-refractivity contribution in [3.63, 3.8) is 0 Å². The molecule has 0 aliphatic carbocycles. The lowest BCUT2D eigenvalue weighted by Gasteiger charge is -2.41. The minimum absolute atomic E-state index is 0.135. The third-order valence-electron chi connectivity index (χ3n) is 5.30. The van der Waals surface area contributed by atoms with Crippen molar-refractivity contribution in [3.05, 3.63) is 59.4 Å². The van der Waals surface area contributed by atoms with Crippen LogP contribution < -0.4 is 9.47 Å². The zero-order chi connectivity index (χ0) is 19.9. The Morgan fingerprint density at radius 1 is 1.04 bits per heavy atom. The summed E-state index contributed by atoms with van der Waals surface area (Å²) in [7, 11) is 3.29. The molecule has 6 heteroatoms. The monoisotopic (exact) mass is 388 g/mol. The maximum Gasteiger partial charge on any atom is 0.127 e. The van der Waals surface area contributed by atoms with E-state index in [1.807, 2.05) is 30.3 Å². The number of ether oxygens (including phenoxy) is 2. The lowest BCUT2D eigenvalue weighted by atomic mass is 10.1. The number of benzene rings is 2. The zero-order valence-corrected chi connectivity index (χ0v) is 16.6. The van der Waals surface area contributed by atoms with E-state index in [0.29, 0.717) is 13.0 Å². The summed E-state index contributed by atoms with van der Waals surface area (Å²) in [5, 5.41) is 9.54. The molecule has 0 radical (unpaired) electrons. The van der Waals surface area contributed by atoms with Crippen molar-refractivity contribution in [2.24, 2.45) is 0 Å². The second kappa shape index (κ2) is 9.87. The molecule has 1 saturated heterocycles. The molecular weight excluding hydrogens is 359 g/mol.